The fourth-order valence-electron chi connectivity index (χ4n) is 4.96. The van der Waals surface area contributed by atoms with Crippen molar-refractivity contribution < 1.29 is 22.7 Å². The lowest BCUT2D eigenvalue weighted by Crippen LogP contribution is -2.54. The molecule has 242 valence electrons. The van der Waals surface area contributed by atoms with Crippen LogP contribution in [-0.4, -0.2) is 50.4 Å². The number of benzene rings is 4. The minimum atomic E-state index is -4.23. The van der Waals surface area contributed by atoms with Gasteiger partial charge >= 0.3 is 0 Å². The average molecular weight is 707 g/mol. The van der Waals surface area contributed by atoms with Crippen molar-refractivity contribution in [3.05, 3.63) is 125 Å². The minimum Gasteiger partial charge on any atom is -0.492 e. The van der Waals surface area contributed by atoms with Gasteiger partial charge in [0, 0.05) is 23.5 Å². The lowest BCUT2D eigenvalue weighted by atomic mass is 10.0. The first kappa shape index (κ1) is 34.7. The van der Waals surface area contributed by atoms with E-state index in [1.54, 1.807) is 42.5 Å². The van der Waals surface area contributed by atoms with Crippen molar-refractivity contribution in [3.8, 4) is 5.75 Å². The van der Waals surface area contributed by atoms with E-state index in [1.807, 2.05) is 75.4 Å². The van der Waals surface area contributed by atoms with Crippen molar-refractivity contribution >= 4 is 43.5 Å². The van der Waals surface area contributed by atoms with Gasteiger partial charge in [-0.05, 0) is 67.8 Å². The lowest BCUT2D eigenvalue weighted by molar-refractivity contribution is -0.140. The van der Waals surface area contributed by atoms with Gasteiger partial charge in [-0.25, -0.2) is 8.42 Å². The number of amides is 2. The van der Waals surface area contributed by atoms with E-state index in [-0.39, 0.29) is 35.5 Å². The zero-order valence-corrected chi connectivity index (χ0v) is 28.7. The molecule has 2 atom stereocenters. The Bertz CT molecular complexity index is 1690. The van der Waals surface area contributed by atoms with Crippen LogP contribution in [-0.2, 0) is 32.6 Å². The number of para-hydroxylation sites is 2. The molecule has 2 unspecified atom stereocenters. The molecule has 0 saturated heterocycles. The second-order valence-corrected chi connectivity index (χ2v) is 13.7. The number of nitrogens with zero attached hydrogens (tertiary/aromatic N) is 2. The Morgan fingerprint density at radius 3 is 2.07 bits per heavy atom. The molecule has 0 heterocycles. The van der Waals surface area contributed by atoms with Crippen LogP contribution < -0.4 is 14.4 Å². The van der Waals surface area contributed by atoms with Crippen LogP contribution in [0.25, 0.3) is 0 Å². The summed E-state index contributed by atoms with van der Waals surface area (Å²) in [6.45, 7) is 5.53. The van der Waals surface area contributed by atoms with Gasteiger partial charge in [0.25, 0.3) is 10.0 Å². The predicted octanol–water partition coefficient (Wildman–Crippen LogP) is 6.60. The quantitative estimate of drug-likeness (QED) is 0.150. The lowest BCUT2D eigenvalue weighted by Gasteiger charge is -2.34. The Hall–Kier alpha value is -4.15. The Labute approximate surface area is 280 Å². The molecule has 0 aliphatic rings. The molecule has 0 aromatic heterocycles. The van der Waals surface area contributed by atoms with Crippen molar-refractivity contribution in [3.63, 3.8) is 0 Å². The molecule has 0 bridgehead atoms. The number of hydrogen-bond donors (Lipinski definition) is 1. The molecule has 2 amide bonds. The van der Waals surface area contributed by atoms with Crippen molar-refractivity contribution in [1.82, 2.24) is 10.2 Å². The highest BCUT2D eigenvalue weighted by atomic mass is 79.9. The largest absolute Gasteiger partial charge is 0.492 e. The molecule has 46 heavy (non-hydrogen) atoms. The summed E-state index contributed by atoms with van der Waals surface area (Å²) in [7, 11) is -4.23. The van der Waals surface area contributed by atoms with E-state index in [2.05, 4.69) is 21.2 Å². The van der Waals surface area contributed by atoms with E-state index < -0.39 is 28.5 Å². The van der Waals surface area contributed by atoms with E-state index in [1.165, 1.54) is 17.0 Å². The number of sulfonamides is 1. The normalized spacial score (nSPS) is 12.5. The van der Waals surface area contributed by atoms with Gasteiger partial charge in [0.05, 0.1) is 17.2 Å². The molecular weight excluding hydrogens is 666 g/mol. The molecule has 4 aromatic carbocycles. The molecule has 4 aromatic rings. The van der Waals surface area contributed by atoms with Gasteiger partial charge in [-0.3, -0.25) is 13.9 Å². The summed E-state index contributed by atoms with van der Waals surface area (Å²) in [6.07, 6.45) is 0.952. The standard InChI is InChI=1S/C36H40BrN3O5S/c1-4-27(3)38-36(42)33(24-28-14-8-6-9-15-28)39(25-29-20-22-30(37)23-21-29)35(41)26-40(32-18-12-13-19-34(32)45-5-2)46(43,44)31-16-10-7-11-17-31/h6-23,27,33H,4-5,24-26H2,1-3H3,(H,38,42). The maximum Gasteiger partial charge on any atom is 0.264 e. The second-order valence-electron chi connectivity index (χ2n) is 10.9. The fraction of sp³-hybridized carbons (Fsp3) is 0.278. The molecule has 8 nitrogen and oxygen atoms in total. The third-order valence-corrected chi connectivity index (χ3v) is 9.88. The zero-order valence-electron chi connectivity index (χ0n) is 26.3. The number of ether oxygens (including phenoxy) is 1. The summed E-state index contributed by atoms with van der Waals surface area (Å²) < 4.78 is 36.2. The van der Waals surface area contributed by atoms with Crippen molar-refractivity contribution in [2.75, 3.05) is 17.5 Å². The molecule has 10 heteroatoms. The van der Waals surface area contributed by atoms with Crippen LogP contribution in [0.3, 0.4) is 0 Å². The Morgan fingerprint density at radius 1 is 0.826 bits per heavy atom. The smallest absolute Gasteiger partial charge is 0.264 e. The van der Waals surface area contributed by atoms with E-state index in [0.717, 1.165) is 19.9 Å². The molecule has 0 saturated carbocycles. The summed E-state index contributed by atoms with van der Waals surface area (Å²) in [5.74, 6) is -0.517. The maximum atomic E-state index is 14.6. The zero-order chi connectivity index (χ0) is 33.1. The number of carbonyl (C=O) groups excluding carboxylic acids is 2. The first-order valence-corrected chi connectivity index (χ1v) is 17.5. The Kier molecular flexibility index (Phi) is 12.4. The SMILES string of the molecule is CCOc1ccccc1N(CC(=O)N(Cc1ccc(Br)cc1)C(Cc1ccccc1)C(=O)NC(C)CC)S(=O)(=O)c1ccccc1. The van der Waals surface area contributed by atoms with Gasteiger partial charge in [-0.2, -0.15) is 0 Å². The van der Waals surface area contributed by atoms with Gasteiger partial charge in [0.15, 0.2) is 0 Å². The number of nitrogens with one attached hydrogen (secondary N) is 1. The van der Waals surface area contributed by atoms with Crippen molar-refractivity contribution in [2.45, 2.75) is 57.1 Å². The Morgan fingerprint density at radius 2 is 1.43 bits per heavy atom. The number of hydrogen-bond acceptors (Lipinski definition) is 5. The van der Waals surface area contributed by atoms with Gasteiger partial charge in [-0.1, -0.05) is 95.7 Å². The monoisotopic (exact) mass is 705 g/mol. The average Bonchev–Trinajstić information content (AvgIpc) is 3.07. The molecule has 1 N–H and O–H groups in total. The van der Waals surface area contributed by atoms with E-state index in [9.17, 15) is 18.0 Å². The third kappa shape index (κ3) is 8.98. The molecule has 0 aliphatic heterocycles. The summed E-state index contributed by atoms with van der Waals surface area (Å²) in [4.78, 5) is 30.1. The summed E-state index contributed by atoms with van der Waals surface area (Å²) in [5.41, 5.74) is 1.89. The molecule has 0 fully saturated rings. The van der Waals surface area contributed by atoms with Crippen LogP contribution in [0, 0.1) is 0 Å². The number of anilines is 1. The molecule has 0 radical (unpaired) electrons. The topological polar surface area (TPSA) is 96.0 Å². The first-order chi connectivity index (χ1) is 22.1. The summed E-state index contributed by atoms with van der Waals surface area (Å²) in [5, 5.41) is 3.05. The van der Waals surface area contributed by atoms with Crippen molar-refractivity contribution in [1.29, 1.82) is 0 Å². The molecule has 0 aliphatic carbocycles. The predicted molar refractivity (Wildman–Crippen MR) is 185 cm³/mol. The molecule has 4 rings (SSSR count). The van der Waals surface area contributed by atoms with Crippen LogP contribution in [0.15, 0.2) is 119 Å². The highest BCUT2D eigenvalue weighted by Gasteiger charge is 2.35. The van der Waals surface area contributed by atoms with Crippen LogP contribution in [0.1, 0.15) is 38.3 Å². The number of rotatable bonds is 15. The van der Waals surface area contributed by atoms with Gasteiger partial charge < -0.3 is 15.0 Å². The summed E-state index contributed by atoms with van der Waals surface area (Å²) in [6, 6.07) is 30.7. The minimum absolute atomic E-state index is 0.0314. The van der Waals surface area contributed by atoms with Crippen LogP contribution in [0.4, 0.5) is 5.69 Å². The van der Waals surface area contributed by atoms with Crippen LogP contribution >= 0.6 is 15.9 Å². The number of halogens is 1. The van der Waals surface area contributed by atoms with Gasteiger partial charge in [0.1, 0.15) is 18.3 Å². The molecule has 0 spiro atoms. The number of carbonyl (C=O) groups is 2. The summed E-state index contributed by atoms with van der Waals surface area (Å²) >= 11 is 3.46. The maximum absolute atomic E-state index is 14.6. The van der Waals surface area contributed by atoms with Gasteiger partial charge in [-0.15, -0.1) is 0 Å². The Balaban J connectivity index is 1.83. The molecular formula is C36H40BrN3O5S. The fourth-order valence-corrected chi connectivity index (χ4v) is 6.67. The second kappa shape index (κ2) is 16.4. The highest BCUT2D eigenvalue weighted by molar-refractivity contribution is 9.10. The van der Waals surface area contributed by atoms with E-state index in [0.29, 0.717) is 18.8 Å². The first-order valence-electron chi connectivity index (χ1n) is 15.3. The third-order valence-electron chi connectivity index (χ3n) is 7.58. The van der Waals surface area contributed by atoms with Crippen LogP contribution in [0.2, 0.25) is 0 Å². The highest BCUT2D eigenvalue weighted by Crippen LogP contribution is 2.33. The van der Waals surface area contributed by atoms with Crippen LogP contribution in [0.5, 0.6) is 5.75 Å². The van der Waals surface area contributed by atoms with E-state index in [4.69, 9.17) is 4.74 Å². The van der Waals surface area contributed by atoms with Crippen molar-refractivity contribution in [2.24, 2.45) is 0 Å². The van der Waals surface area contributed by atoms with Gasteiger partial charge in [0.2, 0.25) is 11.8 Å². The van der Waals surface area contributed by atoms with E-state index >= 15 is 0 Å².